The van der Waals surface area contributed by atoms with E-state index in [0.29, 0.717) is 0 Å². The average molecular weight is 365 g/mol. The van der Waals surface area contributed by atoms with Crippen molar-refractivity contribution in [2.75, 3.05) is 0 Å². The van der Waals surface area contributed by atoms with E-state index in [-0.39, 0.29) is 21.0 Å². The Labute approximate surface area is 145 Å². The SMILES string of the molecule is CC1(C)SC(C)(C)C1N[C@](C)(C(=O)ON)C(=O)[C@H](N)CC(=O)O.O. The fraction of sp³-hybridized carbons (Fsp3) is 0.786. The molecule has 1 fully saturated rings. The minimum Gasteiger partial charge on any atom is -0.481 e. The molecule has 24 heavy (non-hydrogen) atoms. The molecule has 0 spiro atoms. The van der Waals surface area contributed by atoms with Gasteiger partial charge >= 0.3 is 11.9 Å². The van der Waals surface area contributed by atoms with Crippen LogP contribution in [-0.2, 0) is 19.2 Å². The van der Waals surface area contributed by atoms with Gasteiger partial charge in [-0.15, -0.1) is 11.8 Å². The van der Waals surface area contributed by atoms with E-state index >= 15 is 0 Å². The van der Waals surface area contributed by atoms with Crippen molar-refractivity contribution in [1.82, 2.24) is 5.32 Å². The molecule has 0 radical (unpaired) electrons. The van der Waals surface area contributed by atoms with Crippen molar-refractivity contribution in [3.8, 4) is 0 Å². The monoisotopic (exact) mass is 365 g/mol. The van der Waals surface area contributed by atoms with Crippen LogP contribution in [0.15, 0.2) is 0 Å². The highest BCUT2D eigenvalue weighted by molar-refractivity contribution is 8.03. The van der Waals surface area contributed by atoms with Gasteiger partial charge in [0, 0.05) is 15.5 Å². The van der Waals surface area contributed by atoms with Gasteiger partial charge in [0.25, 0.3) is 0 Å². The normalized spacial score (nSPS) is 22.3. The number of rotatable bonds is 7. The summed E-state index contributed by atoms with van der Waals surface area (Å²) in [5.74, 6) is 1.98. The lowest BCUT2D eigenvalue weighted by molar-refractivity contribution is -0.157. The zero-order chi connectivity index (χ0) is 18.2. The Hall–Kier alpha value is -1.20. The molecule has 0 saturated carbocycles. The summed E-state index contributed by atoms with van der Waals surface area (Å²) in [5, 5.41) is 11.8. The van der Waals surface area contributed by atoms with Crippen molar-refractivity contribution in [2.24, 2.45) is 11.6 Å². The van der Waals surface area contributed by atoms with E-state index in [4.69, 9.17) is 16.7 Å². The second kappa shape index (κ2) is 7.36. The Morgan fingerprint density at radius 1 is 1.29 bits per heavy atom. The summed E-state index contributed by atoms with van der Waals surface area (Å²) in [6.45, 7) is 9.25. The predicted octanol–water partition coefficient (Wildman–Crippen LogP) is -1.03. The summed E-state index contributed by atoms with van der Waals surface area (Å²) in [5.41, 5.74) is 3.83. The number of carbonyl (C=O) groups is 3. The van der Waals surface area contributed by atoms with Crippen LogP contribution in [0.2, 0.25) is 0 Å². The van der Waals surface area contributed by atoms with Crippen molar-refractivity contribution in [3.63, 3.8) is 0 Å². The number of thioether (sulfide) groups is 1. The van der Waals surface area contributed by atoms with E-state index in [1.165, 1.54) is 6.92 Å². The van der Waals surface area contributed by atoms with Gasteiger partial charge in [-0.2, -0.15) is 5.90 Å². The van der Waals surface area contributed by atoms with Crippen LogP contribution in [0.3, 0.4) is 0 Å². The van der Waals surface area contributed by atoms with E-state index in [9.17, 15) is 14.4 Å². The third-order valence-corrected chi connectivity index (χ3v) is 5.61. The molecule has 0 aromatic rings. The largest absolute Gasteiger partial charge is 0.481 e. The predicted molar refractivity (Wildman–Crippen MR) is 90.2 cm³/mol. The molecule has 0 aliphatic carbocycles. The first-order valence-corrected chi connectivity index (χ1v) is 8.00. The highest BCUT2D eigenvalue weighted by atomic mass is 32.2. The van der Waals surface area contributed by atoms with E-state index in [2.05, 4.69) is 10.2 Å². The molecule has 0 unspecified atom stereocenters. The molecule has 140 valence electrons. The molecule has 0 aromatic heterocycles. The van der Waals surface area contributed by atoms with Crippen LogP contribution < -0.4 is 16.9 Å². The summed E-state index contributed by atoms with van der Waals surface area (Å²) >= 11 is 1.70. The van der Waals surface area contributed by atoms with Gasteiger partial charge in [0.05, 0.1) is 12.5 Å². The number of aliphatic carboxylic acids is 1. The van der Waals surface area contributed by atoms with E-state index in [0.717, 1.165) is 0 Å². The van der Waals surface area contributed by atoms with Crippen molar-refractivity contribution >= 4 is 29.5 Å². The van der Waals surface area contributed by atoms with Crippen molar-refractivity contribution in [2.45, 2.75) is 68.2 Å². The summed E-state index contributed by atoms with van der Waals surface area (Å²) in [6.07, 6.45) is -0.583. The van der Waals surface area contributed by atoms with Crippen LogP contribution in [0.1, 0.15) is 41.0 Å². The van der Waals surface area contributed by atoms with Crippen LogP contribution in [0.5, 0.6) is 0 Å². The lowest BCUT2D eigenvalue weighted by Gasteiger charge is -2.58. The van der Waals surface area contributed by atoms with Crippen LogP contribution in [0.25, 0.3) is 0 Å². The van der Waals surface area contributed by atoms with Gasteiger partial charge in [0.1, 0.15) is 0 Å². The lowest BCUT2D eigenvalue weighted by Crippen LogP contribution is -2.74. The summed E-state index contributed by atoms with van der Waals surface area (Å²) < 4.78 is -0.451. The molecule has 1 aliphatic rings. The highest BCUT2D eigenvalue weighted by Crippen LogP contribution is 2.55. The van der Waals surface area contributed by atoms with Crippen LogP contribution in [0.4, 0.5) is 0 Å². The number of hydrogen-bond donors (Lipinski definition) is 4. The Bertz CT molecular complexity index is 511. The highest BCUT2D eigenvalue weighted by Gasteiger charge is 2.58. The summed E-state index contributed by atoms with van der Waals surface area (Å²) in [4.78, 5) is 39.8. The third-order valence-electron chi connectivity index (χ3n) is 4.09. The van der Waals surface area contributed by atoms with E-state index < -0.39 is 35.7 Å². The molecule has 9 nitrogen and oxygen atoms in total. The maximum atomic E-state index is 12.6. The molecule has 0 amide bonds. The fourth-order valence-electron chi connectivity index (χ4n) is 3.21. The number of carbonyl (C=O) groups excluding carboxylic acids is 2. The van der Waals surface area contributed by atoms with Gasteiger partial charge in [0.15, 0.2) is 11.3 Å². The number of nitrogens with one attached hydrogen (secondary N) is 1. The number of carboxylic acid groups (broad SMARTS) is 1. The van der Waals surface area contributed by atoms with Crippen molar-refractivity contribution < 1.29 is 29.8 Å². The molecular weight excluding hydrogens is 338 g/mol. The van der Waals surface area contributed by atoms with Gasteiger partial charge in [-0.25, -0.2) is 4.79 Å². The van der Waals surface area contributed by atoms with Crippen molar-refractivity contribution in [3.05, 3.63) is 0 Å². The first-order chi connectivity index (χ1) is 10.3. The molecule has 1 heterocycles. The summed E-state index contributed by atoms with van der Waals surface area (Å²) in [7, 11) is 0. The van der Waals surface area contributed by atoms with Crippen molar-refractivity contribution in [1.29, 1.82) is 0 Å². The molecule has 1 aliphatic heterocycles. The van der Waals surface area contributed by atoms with Gasteiger partial charge in [0.2, 0.25) is 0 Å². The number of nitrogens with two attached hydrogens (primary N) is 2. The lowest BCUT2D eigenvalue weighted by atomic mass is 9.83. The average Bonchev–Trinajstić information content (AvgIpc) is 2.40. The third kappa shape index (κ3) is 4.25. The molecule has 2 atom stereocenters. The first kappa shape index (κ1) is 22.8. The fourth-order valence-corrected chi connectivity index (χ4v) is 5.32. The molecule has 8 N–H and O–H groups in total. The number of ketones is 1. The zero-order valence-corrected chi connectivity index (χ0v) is 15.3. The smallest absolute Gasteiger partial charge is 0.352 e. The number of hydrogen-bond acceptors (Lipinski definition) is 8. The minimum atomic E-state index is -1.82. The van der Waals surface area contributed by atoms with E-state index in [1.54, 1.807) is 11.8 Å². The van der Waals surface area contributed by atoms with Crippen LogP contribution in [0, 0.1) is 0 Å². The van der Waals surface area contributed by atoms with Crippen LogP contribution >= 0.6 is 11.8 Å². The van der Waals surface area contributed by atoms with Crippen LogP contribution in [-0.4, -0.2) is 55.4 Å². The quantitative estimate of drug-likeness (QED) is 0.324. The Morgan fingerprint density at radius 2 is 1.75 bits per heavy atom. The molecule has 0 aromatic carbocycles. The maximum Gasteiger partial charge on any atom is 0.352 e. The number of carboxylic acids is 1. The van der Waals surface area contributed by atoms with E-state index in [1.807, 2.05) is 27.7 Å². The molecule has 1 rings (SSSR count). The van der Waals surface area contributed by atoms with Gasteiger partial charge in [-0.05, 0) is 34.6 Å². The Morgan fingerprint density at radius 3 is 2.08 bits per heavy atom. The summed E-state index contributed by atoms with van der Waals surface area (Å²) in [6, 6.07) is -1.55. The second-order valence-corrected chi connectivity index (χ2v) is 9.29. The standard InChI is InChI=1S/C14H25N3O5S.H2O/c1-12(2)10(13(3,4)23-12)17-14(5,11(21)22-16)9(20)7(15)6-8(18)19;/h7,10,17H,6,15-16H2,1-5H3,(H,18,19);1H2/t7-,14+;/m1./s1. The van der Waals surface area contributed by atoms with Gasteiger partial charge in [-0.3, -0.25) is 14.9 Å². The van der Waals surface area contributed by atoms with Gasteiger partial charge in [-0.1, -0.05) is 0 Å². The molecular formula is C14H27N3O6S. The molecule has 10 heteroatoms. The Kier molecular flexibility index (Phi) is 6.99. The zero-order valence-electron chi connectivity index (χ0n) is 14.5. The Balaban J connectivity index is 0.00000529. The van der Waals surface area contributed by atoms with Gasteiger partial charge < -0.3 is 21.2 Å². The first-order valence-electron chi connectivity index (χ1n) is 7.18. The topological polar surface area (TPSA) is 176 Å². The molecule has 1 saturated heterocycles. The second-order valence-electron chi connectivity index (χ2n) is 6.99. The molecule has 0 bridgehead atoms. The maximum absolute atomic E-state index is 12.6. The number of Topliss-reactive ketones (excluding diaryl/α,β-unsaturated/α-hetero) is 1. The minimum absolute atomic E-state index is 0.